The summed E-state index contributed by atoms with van der Waals surface area (Å²) in [4.78, 5) is 32.2. The van der Waals surface area contributed by atoms with Crippen LogP contribution in [0.2, 0.25) is 0 Å². The molecular formula is C20H22N4O3. The Labute approximate surface area is 157 Å². The Kier molecular flexibility index (Phi) is 4.66. The SMILES string of the molecule is CCNC(=O)c1ccc(N2CCc3c(cccc3N3CCOC3=O)C2)nc1. The minimum absolute atomic E-state index is 0.109. The monoisotopic (exact) mass is 366 g/mol. The number of anilines is 2. The highest BCUT2D eigenvalue weighted by molar-refractivity contribution is 5.94. The number of amides is 2. The van der Waals surface area contributed by atoms with Gasteiger partial charge in [0.25, 0.3) is 5.91 Å². The van der Waals surface area contributed by atoms with Crippen molar-refractivity contribution in [2.24, 2.45) is 0 Å². The zero-order chi connectivity index (χ0) is 18.8. The molecule has 140 valence electrons. The number of hydrogen-bond acceptors (Lipinski definition) is 5. The second-order valence-electron chi connectivity index (χ2n) is 6.62. The molecule has 2 aromatic rings. The summed E-state index contributed by atoms with van der Waals surface area (Å²) >= 11 is 0. The lowest BCUT2D eigenvalue weighted by Gasteiger charge is -2.32. The van der Waals surface area contributed by atoms with Gasteiger partial charge in [0.1, 0.15) is 12.4 Å². The average molecular weight is 366 g/mol. The number of carbonyl (C=O) groups excluding carboxylic acids is 2. The van der Waals surface area contributed by atoms with Gasteiger partial charge < -0.3 is 15.0 Å². The second kappa shape index (κ2) is 7.26. The van der Waals surface area contributed by atoms with Crippen LogP contribution in [-0.2, 0) is 17.7 Å². The normalized spacial score (nSPS) is 16.1. The Bertz CT molecular complexity index is 866. The van der Waals surface area contributed by atoms with Gasteiger partial charge in [-0.05, 0) is 42.7 Å². The van der Waals surface area contributed by atoms with E-state index in [0.29, 0.717) is 25.3 Å². The maximum atomic E-state index is 11.9. The summed E-state index contributed by atoms with van der Waals surface area (Å²) in [5, 5.41) is 2.78. The van der Waals surface area contributed by atoms with Crippen LogP contribution in [0.1, 0.15) is 28.4 Å². The minimum Gasteiger partial charge on any atom is -0.447 e. The van der Waals surface area contributed by atoms with Crippen LogP contribution in [0, 0.1) is 0 Å². The fraction of sp³-hybridized carbons (Fsp3) is 0.350. The van der Waals surface area contributed by atoms with Gasteiger partial charge in [0, 0.05) is 25.8 Å². The van der Waals surface area contributed by atoms with Crippen LogP contribution in [-0.4, -0.2) is 43.2 Å². The van der Waals surface area contributed by atoms with Crippen molar-refractivity contribution in [2.75, 3.05) is 36.0 Å². The molecule has 7 nitrogen and oxygen atoms in total. The first-order valence-electron chi connectivity index (χ1n) is 9.21. The molecule has 0 saturated carbocycles. The van der Waals surface area contributed by atoms with Crippen molar-refractivity contribution in [3.63, 3.8) is 0 Å². The van der Waals surface area contributed by atoms with E-state index in [-0.39, 0.29) is 12.0 Å². The Hall–Kier alpha value is -3.09. The van der Waals surface area contributed by atoms with Gasteiger partial charge in [-0.3, -0.25) is 9.69 Å². The molecule has 2 aliphatic heterocycles. The van der Waals surface area contributed by atoms with Crippen LogP contribution in [0.5, 0.6) is 0 Å². The van der Waals surface area contributed by atoms with Crippen LogP contribution in [0.3, 0.4) is 0 Å². The number of nitrogens with zero attached hydrogens (tertiary/aromatic N) is 3. The van der Waals surface area contributed by atoms with E-state index >= 15 is 0 Å². The molecule has 0 bridgehead atoms. The summed E-state index contributed by atoms with van der Waals surface area (Å²) in [7, 11) is 0. The molecule has 2 amide bonds. The number of cyclic esters (lactones) is 1. The number of ether oxygens (including phenoxy) is 1. The summed E-state index contributed by atoms with van der Waals surface area (Å²) in [6.07, 6.45) is 2.18. The van der Waals surface area contributed by atoms with Gasteiger partial charge >= 0.3 is 6.09 Å². The van der Waals surface area contributed by atoms with Gasteiger partial charge in [0.15, 0.2) is 0 Å². The fourth-order valence-electron chi connectivity index (χ4n) is 3.62. The predicted octanol–water partition coefficient (Wildman–Crippen LogP) is 2.35. The highest BCUT2D eigenvalue weighted by Crippen LogP contribution is 2.32. The van der Waals surface area contributed by atoms with Gasteiger partial charge in [0.05, 0.1) is 17.8 Å². The topological polar surface area (TPSA) is 74.8 Å². The number of hydrogen-bond donors (Lipinski definition) is 1. The molecule has 7 heteroatoms. The largest absolute Gasteiger partial charge is 0.447 e. The zero-order valence-electron chi connectivity index (χ0n) is 15.3. The molecule has 4 rings (SSSR count). The molecule has 0 unspecified atom stereocenters. The van der Waals surface area contributed by atoms with Crippen LogP contribution >= 0.6 is 0 Å². The first-order valence-corrected chi connectivity index (χ1v) is 9.21. The van der Waals surface area contributed by atoms with E-state index in [4.69, 9.17) is 4.74 Å². The third-order valence-corrected chi connectivity index (χ3v) is 4.96. The molecule has 1 saturated heterocycles. The van der Waals surface area contributed by atoms with E-state index in [9.17, 15) is 9.59 Å². The molecule has 0 radical (unpaired) electrons. The summed E-state index contributed by atoms with van der Waals surface area (Å²) < 4.78 is 5.08. The van der Waals surface area contributed by atoms with Crippen molar-refractivity contribution in [1.82, 2.24) is 10.3 Å². The number of fused-ring (bicyclic) bond motifs is 1. The van der Waals surface area contributed by atoms with Gasteiger partial charge in [-0.25, -0.2) is 9.78 Å². The fourth-order valence-corrected chi connectivity index (χ4v) is 3.62. The molecule has 27 heavy (non-hydrogen) atoms. The molecule has 1 aromatic carbocycles. The van der Waals surface area contributed by atoms with Crippen molar-refractivity contribution in [2.45, 2.75) is 19.9 Å². The van der Waals surface area contributed by atoms with Crippen LogP contribution in [0.15, 0.2) is 36.5 Å². The van der Waals surface area contributed by atoms with Gasteiger partial charge in [-0.1, -0.05) is 12.1 Å². The molecule has 2 aliphatic rings. The Balaban J connectivity index is 1.53. The van der Waals surface area contributed by atoms with E-state index < -0.39 is 0 Å². The Morgan fingerprint density at radius 2 is 2.15 bits per heavy atom. The maximum Gasteiger partial charge on any atom is 0.414 e. The lowest BCUT2D eigenvalue weighted by molar-refractivity contribution is 0.0955. The van der Waals surface area contributed by atoms with Gasteiger partial charge in [-0.15, -0.1) is 0 Å². The molecule has 0 aliphatic carbocycles. The van der Waals surface area contributed by atoms with Crippen molar-refractivity contribution in [1.29, 1.82) is 0 Å². The Morgan fingerprint density at radius 1 is 1.26 bits per heavy atom. The molecule has 3 heterocycles. The van der Waals surface area contributed by atoms with Crippen molar-refractivity contribution < 1.29 is 14.3 Å². The number of benzene rings is 1. The smallest absolute Gasteiger partial charge is 0.414 e. The summed E-state index contributed by atoms with van der Waals surface area (Å²) in [6, 6.07) is 9.75. The van der Waals surface area contributed by atoms with Crippen molar-refractivity contribution >= 4 is 23.5 Å². The first kappa shape index (κ1) is 17.3. The quantitative estimate of drug-likeness (QED) is 0.899. The Morgan fingerprint density at radius 3 is 2.85 bits per heavy atom. The molecule has 1 fully saturated rings. The minimum atomic E-state index is -0.270. The van der Waals surface area contributed by atoms with Crippen molar-refractivity contribution in [3.8, 4) is 0 Å². The van der Waals surface area contributed by atoms with E-state index in [1.54, 1.807) is 17.2 Å². The average Bonchev–Trinajstić information content (AvgIpc) is 3.13. The van der Waals surface area contributed by atoms with E-state index in [0.717, 1.165) is 31.0 Å². The number of carbonyl (C=O) groups is 2. The van der Waals surface area contributed by atoms with E-state index in [2.05, 4.69) is 21.3 Å². The van der Waals surface area contributed by atoms with Crippen LogP contribution in [0.25, 0.3) is 0 Å². The molecule has 0 spiro atoms. The van der Waals surface area contributed by atoms with Crippen molar-refractivity contribution in [3.05, 3.63) is 53.2 Å². The molecule has 0 atom stereocenters. The highest BCUT2D eigenvalue weighted by atomic mass is 16.6. The number of nitrogens with one attached hydrogen (secondary N) is 1. The lowest BCUT2D eigenvalue weighted by atomic mass is 9.97. The predicted molar refractivity (Wildman–Crippen MR) is 102 cm³/mol. The standard InChI is InChI=1S/C20H22N4O3/c1-2-21-19(25)14-6-7-18(22-12-14)23-9-8-16-15(13-23)4-3-5-17(16)24-10-11-27-20(24)26/h3-7,12H,2,8-11,13H2,1H3,(H,21,25). The number of aromatic nitrogens is 1. The summed E-state index contributed by atoms with van der Waals surface area (Å²) in [5.41, 5.74) is 3.90. The molecular weight excluding hydrogens is 344 g/mol. The van der Waals surface area contributed by atoms with Gasteiger partial charge in [-0.2, -0.15) is 0 Å². The van der Waals surface area contributed by atoms with E-state index in [1.807, 2.05) is 25.1 Å². The highest BCUT2D eigenvalue weighted by Gasteiger charge is 2.28. The van der Waals surface area contributed by atoms with Crippen LogP contribution < -0.4 is 15.1 Å². The third-order valence-electron chi connectivity index (χ3n) is 4.96. The number of rotatable bonds is 4. The third kappa shape index (κ3) is 3.32. The zero-order valence-corrected chi connectivity index (χ0v) is 15.3. The van der Waals surface area contributed by atoms with Gasteiger partial charge in [0.2, 0.25) is 0 Å². The molecule has 1 N–H and O–H groups in total. The van der Waals surface area contributed by atoms with Crippen LogP contribution in [0.4, 0.5) is 16.3 Å². The number of pyridine rings is 1. The summed E-state index contributed by atoms with van der Waals surface area (Å²) in [5.74, 6) is 0.738. The summed E-state index contributed by atoms with van der Waals surface area (Å²) in [6.45, 7) is 5.05. The molecule has 1 aromatic heterocycles. The second-order valence-corrected chi connectivity index (χ2v) is 6.62. The maximum absolute atomic E-state index is 11.9. The van der Waals surface area contributed by atoms with E-state index in [1.165, 1.54) is 11.1 Å². The first-order chi connectivity index (χ1) is 13.2. The lowest BCUT2D eigenvalue weighted by Crippen LogP contribution is -2.33.